The molecule has 0 atom stereocenters. The Bertz CT molecular complexity index is 1120. The summed E-state index contributed by atoms with van der Waals surface area (Å²) < 4.78 is 0. The maximum absolute atomic E-state index is 9.70. The second kappa shape index (κ2) is 8.57. The molecule has 0 fully saturated rings. The Hall–Kier alpha value is -3.99. The maximum atomic E-state index is 9.70. The highest BCUT2D eigenvalue weighted by atomic mass is 16.3. The average molecular weight is 394 g/mol. The van der Waals surface area contributed by atoms with Crippen LogP contribution in [0.25, 0.3) is 22.5 Å². The monoisotopic (exact) mass is 394 g/mol. The molecule has 1 N–H and O–H groups in total. The van der Waals surface area contributed by atoms with Gasteiger partial charge in [-0.15, -0.1) is 0 Å². The topological polar surface area (TPSA) is 61.6 Å². The van der Waals surface area contributed by atoms with Crippen LogP contribution in [0.3, 0.4) is 0 Å². The van der Waals surface area contributed by atoms with Gasteiger partial charge >= 0.3 is 0 Å². The summed E-state index contributed by atoms with van der Waals surface area (Å²) in [7, 11) is 1.82. The molecule has 0 saturated heterocycles. The number of phenolic OH excluding ortho intramolecular Hbond substituents is 1. The van der Waals surface area contributed by atoms with E-state index < -0.39 is 0 Å². The number of aryl methyl sites for hydroxylation is 1. The van der Waals surface area contributed by atoms with Crippen molar-refractivity contribution in [3.63, 3.8) is 0 Å². The molecule has 4 aromatic rings. The summed E-state index contributed by atoms with van der Waals surface area (Å²) in [4.78, 5) is 9.47. The molecule has 0 spiro atoms. The summed E-state index contributed by atoms with van der Waals surface area (Å²) in [6.45, 7) is 1.86. The van der Waals surface area contributed by atoms with E-state index in [2.05, 4.69) is 5.10 Å². The first-order valence-electron chi connectivity index (χ1n) is 9.67. The number of aromatic hydroxyl groups is 1. The first kappa shape index (κ1) is 19.3. The molecule has 0 aliphatic heterocycles. The lowest BCUT2D eigenvalue weighted by Crippen LogP contribution is -2.13. The van der Waals surface area contributed by atoms with Crippen molar-refractivity contribution in [1.29, 1.82) is 0 Å². The minimum Gasteiger partial charge on any atom is -0.508 e. The first-order valence-corrected chi connectivity index (χ1v) is 9.67. The molecule has 3 aromatic carbocycles. The van der Waals surface area contributed by atoms with E-state index >= 15 is 0 Å². The molecule has 1 heterocycles. The summed E-state index contributed by atoms with van der Waals surface area (Å²) in [5.41, 5.74) is 5.40. The molecular weight excluding hydrogens is 372 g/mol. The second-order valence-corrected chi connectivity index (χ2v) is 6.98. The summed E-state index contributed by atoms with van der Waals surface area (Å²) in [5, 5.41) is 15.9. The van der Waals surface area contributed by atoms with Crippen molar-refractivity contribution in [3.05, 3.63) is 96.1 Å². The van der Waals surface area contributed by atoms with E-state index in [9.17, 15) is 5.11 Å². The fraction of sp³-hybridized carbons (Fsp3) is 0.0800. The molecule has 5 heteroatoms. The van der Waals surface area contributed by atoms with Gasteiger partial charge in [-0.3, -0.25) is 0 Å². The lowest BCUT2D eigenvalue weighted by atomic mass is 10.1. The molecule has 0 saturated carbocycles. The molecule has 0 aliphatic carbocycles. The summed E-state index contributed by atoms with van der Waals surface area (Å²) in [5.74, 6) is 0.772. The Morgan fingerprint density at radius 3 is 1.90 bits per heavy atom. The number of anilines is 1. The summed E-state index contributed by atoms with van der Waals surface area (Å²) >= 11 is 0. The van der Waals surface area contributed by atoms with Crippen LogP contribution >= 0.6 is 0 Å². The van der Waals surface area contributed by atoms with Crippen LogP contribution in [0.2, 0.25) is 0 Å². The molecular formula is C25H22N4O. The minimum atomic E-state index is 0.270. The summed E-state index contributed by atoms with van der Waals surface area (Å²) in [6, 6.07) is 27.4. The average Bonchev–Trinajstić information content (AvgIpc) is 2.80. The summed E-state index contributed by atoms with van der Waals surface area (Å²) in [6.07, 6.45) is 1.73. The number of phenols is 1. The predicted octanol–water partition coefficient (Wildman–Crippen LogP) is 5.29. The molecule has 0 bridgehead atoms. The van der Waals surface area contributed by atoms with Gasteiger partial charge in [0.15, 0.2) is 0 Å². The van der Waals surface area contributed by atoms with Crippen LogP contribution in [-0.4, -0.2) is 28.3 Å². The van der Waals surface area contributed by atoms with Crippen molar-refractivity contribution in [3.8, 4) is 28.3 Å². The van der Waals surface area contributed by atoms with Gasteiger partial charge in [-0.25, -0.2) is 15.0 Å². The van der Waals surface area contributed by atoms with Crippen LogP contribution < -0.4 is 5.01 Å². The van der Waals surface area contributed by atoms with Crippen molar-refractivity contribution < 1.29 is 5.11 Å². The van der Waals surface area contributed by atoms with Crippen LogP contribution in [-0.2, 0) is 0 Å². The zero-order chi connectivity index (χ0) is 20.9. The highest BCUT2D eigenvalue weighted by molar-refractivity contribution is 5.81. The quantitative estimate of drug-likeness (QED) is 0.369. The van der Waals surface area contributed by atoms with Gasteiger partial charge in [0.25, 0.3) is 0 Å². The van der Waals surface area contributed by atoms with Gasteiger partial charge in [-0.05, 0) is 42.3 Å². The van der Waals surface area contributed by atoms with Gasteiger partial charge in [-0.1, -0.05) is 60.7 Å². The Morgan fingerprint density at radius 2 is 1.37 bits per heavy atom. The minimum absolute atomic E-state index is 0.270. The number of nitrogens with zero attached hydrogens (tertiary/aromatic N) is 4. The van der Waals surface area contributed by atoms with Crippen molar-refractivity contribution >= 4 is 12.2 Å². The third-order valence-electron chi connectivity index (χ3n) is 4.74. The molecule has 0 amide bonds. The first-order chi connectivity index (χ1) is 14.6. The van der Waals surface area contributed by atoms with Crippen LogP contribution in [0.15, 0.2) is 90.0 Å². The van der Waals surface area contributed by atoms with Gasteiger partial charge in [0.05, 0.1) is 17.6 Å². The highest BCUT2D eigenvalue weighted by Crippen LogP contribution is 2.26. The van der Waals surface area contributed by atoms with Gasteiger partial charge in [0.2, 0.25) is 5.95 Å². The lowest BCUT2D eigenvalue weighted by Gasteiger charge is -2.14. The Morgan fingerprint density at radius 1 is 0.800 bits per heavy atom. The Labute approximate surface area is 176 Å². The molecule has 0 unspecified atom stereocenters. The van der Waals surface area contributed by atoms with E-state index in [-0.39, 0.29) is 5.75 Å². The van der Waals surface area contributed by atoms with Gasteiger partial charge < -0.3 is 5.11 Å². The second-order valence-electron chi connectivity index (χ2n) is 6.98. The smallest absolute Gasteiger partial charge is 0.247 e. The van der Waals surface area contributed by atoms with E-state index in [1.807, 2.05) is 92.8 Å². The van der Waals surface area contributed by atoms with Crippen LogP contribution in [0.4, 0.5) is 5.95 Å². The largest absolute Gasteiger partial charge is 0.508 e. The number of rotatable bonds is 5. The lowest BCUT2D eigenvalue weighted by molar-refractivity contribution is 0.471. The fourth-order valence-electron chi connectivity index (χ4n) is 3.06. The number of hydrogen-bond donors (Lipinski definition) is 1. The van der Waals surface area contributed by atoms with E-state index in [0.29, 0.717) is 5.95 Å². The number of hydrazone groups is 1. The number of benzene rings is 3. The Kier molecular flexibility index (Phi) is 5.52. The van der Waals surface area contributed by atoms with Gasteiger partial charge in [0, 0.05) is 18.2 Å². The standard InChI is InChI=1S/C25H22N4O/c1-18-15-19(13-14-24(18)30)17-26-29(2)25-27-22(20-9-5-3-6-10-20)16-23(28-25)21-11-7-4-8-12-21/h3-17,30H,1-2H3/b26-17-. The Balaban J connectivity index is 1.72. The molecule has 0 aliphatic rings. The van der Waals surface area contributed by atoms with Crippen LogP contribution in [0.5, 0.6) is 5.75 Å². The zero-order valence-electron chi connectivity index (χ0n) is 16.9. The highest BCUT2D eigenvalue weighted by Gasteiger charge is 2.11. The maximum Gasteiger partial charge on any atom is 0.247 e. The number of hydrogen-bond acceptors (Lipinski definition) is 5. The number of aromatic nitrogens is 2. The molecule has 0 radical (unpaired) electrons. The fourth-order valence-corrected chi connectivity index (χ4v) is 3.06. The van der Waals surface area contributed by atoms with Gasteiger partial charge in [-0.2, -0.15) is 5.10 Å². The SMILES string of the molecule is Cc1cc(/C=N\N(C)c2nc(-c3ccccc3)cc(-c3ccccc3)n2)ccc1O. The zero-order valence-corrected chi connectivity index (χ0v) is 16.9. The van der Waals surface area contributed by atoms with Crippen molar-refractivity contribution in [1.82, 2.24) is 9.97 Å². The van der Waals surface area contributed by atoms with Crippen molar-refractivity contribution in [2.24, 2.45) is 5.10 Å². The van der Waals surface area contributed by atoms with Crippen molar-refractivity contribution in [2.75, 3.05) is 12.1 Å². The van der Waals surface area contributed by atoms with E-state index in [1.165, 1.54) is 0 Å². The predicted molar refractivity (Wildman–Crippen MR) is 122 cm³/mol. The van der Waals surface area contributed by atoms with E-state index in [4.69, 9.17) is 9.97 Å². The molecule has 30 heavy (non-hydrogen) atoms. The van der Waals surface area contributed by atoms with Crippen LogP contribution in [0.1, 0.15) is 11.1 Å². The van der Waals surface area contributed by atoms with E-state index in [0.717, 1.165) is 33.6 Å². The van der Waals surface area contributed by atoms with Crippen LogP contribution in [0, 0.1) is 6.92 Å². The van der Waals surface area contributed by atoms with Gasteiger partial charge in [0.1, 0.15) is 5.75 Å². The molecule has 5 nitrogen and oxygen atoms in total. The third-order valence-corrected chi connectivity index (χ3v) is 4.74. The normalized spacial score (nSPS) is 11.0. The third kappa shape index (κ3) is 4.36. The van der Waals surface area contributed by atoms with E-state index in [1.54, 1.807) is 17.3 Å². The molecule has 4 rings (SSSR count). The van der Waals surface area contributed by atoms with Crippen molar-refractivity contribution in [2.45, 2.75) is 6.92 Å². The molecule has 1 aromatic heterocycles. The molecule has 148 valence electrons.